The maximum atomic E-state index is 12.1. The Hall–Kier alpha value is -2.02. The molecule has 3 rings (SSSR count). The van der Waals surface area contributed by atoms with E-state index >= 15 is 0 Å². The highest BCUT2D eigenvalue weighted by molar-refractivity contribution is 7.80. The van der Waals surface area contributed by atoms with Crippen LogP contribution in [0.25, 0.3) is 10.2 Å². The highest BCUT2D eigenvalue weighted by Crippen LogP contribution is 2.26. The van der Waals surface area contributed by atoms with Crippen LogP contribution in [0.5, 0.6) is 0 Å². The number of amides is 1. The minimum absolute atomic E-state index is 0.186. The van der Waals surface area contributed by atoms with E-state index in [-0.39, 0.29) is 11.0 Å². The van der Waals surface area contributed by atoms with Crippen molar-refractivity contribution < 1.29 is 4.79 Å². The van der Waals surface area contributed by atoms with Crippen molar-refractivity contribution in [2.24, 2.45) is 0 Å². The zero-order chi connectivity index (χ0) is 16.4. The van der Waals surface area contributed by atoms with E-state index in [2.05, 4.69) is 21.7 Å². The van der Waals surface area contributed by atoms with Crippen LogP contribution in [-0.4, -0.2) is 16.0 Å². The summed E-state index contributed by atoms with van der Waals surface area (Å²) in [6, 6.07) is 12.8. The summed E-state index contributed by atoms with van der Waals surface area (Å²) in [7, 11) is 0. The number of rotatable bonds is 2. The third kappa shape index (κ3) is 3.67. The van der Waals surface area contributed by atoms with Crippen molar-refractivity contribution in [3.05, 3.63) is 58.6 Å². The van der Waals surface area contributed by atoms with Crippen LogP contribution in [0.3, 0.4) is 0 Å². The molecule has 0 atom stereocenters. The fraction of sp³-hybridized carbons (Fsp3) is 0.0625. The predicted molar refractivity (Wildman–Crippen MR) is 99.5 cm³/mol. The molecule has 3 aromatic rings. The van der Waals surface area contributed by atoms with Crippen molar-refractivity contribution in [3.8, 4) is 0 Å². The molecule has 0 aliphatic carbocycles. The summed E-state index contributed by atoms with van der Waals surface area (Å²) in [5, 5.41) is 6.74. The van der Waals surface area contributed by atoms with E-state index in [4.69, 9.17) is 23.8 Å². The number of hydrogen-bond donors (Lipinski definition) is 2. The van der Waals surface area contributed by atoms with Gasteiger partial charge in [0.15, 0.2) is 10.2 Å². The Morgan fingerprint density at radius 2 is 2.04 bits per heavy atom. The highest BCUT2D eigenvalue weighted by atomic mass is 35.5. The highest BCUT2D eigenvalue weighted by Gasteiger charge is 2.12. The summed E-state index contributed by atoms with van der Waals surface area (Å²) in [6.07, 6.45) is 0. The molecule has 4 nitrogen and oxygen atoms in total. The Labute approximate surface area is 147 Å². The number of nitrogens with one attached hydrogen (secondary N) is 2. The van der Waals surface area contributed by atoms with Crippen LogP contribution in [0.2, 0.25) is 5.02 Å². The fourth-order valence-corrected chi connectivity index (χ4v) is 3.47. The summed E-state index contributed by atoms with van der Waals surface area (Å²) >= 11 is 12.6. The van der Waals surface area contributed by atoms with Crippen LogP contribution in [-0.2, 0) is 0 Å². The van der Waals surface area contributed by atoms with E-state index in [1.165, 1.54) is 16.9 Å². The number of carbonyl (C=O) groups is 1. The quantitative estimate of drug-likeness (QED) is 0.665. The summed E-state index contributed by atoms with van der Waals surface area (Å²) in [6.45, 7) is 2.03. The average molecular weight is 362 g/mol. The molecule has 1 aromatic heterocycles. The Morgan fingerprint density at radius 3 is 2.83 bits per heavy atom. The second-order valence-electron chi connectivity index (χ2n) is 4.88. The first-order chi connectivity index (χ1) is 11.0. The number of halogens is 1. The summed E-state index contributed by atoms with van der Waals surface area (Å²) < 4.78 is 1.06. The second kappa shape index (κ2) is 6.62. The lowest BCUT2D eigenvalue weighted by Crippen LogP contribution is -2.34. The van der Waals surface area contributed by atoms with Gasteiger partial charge >= 0.3 is 0 Å². The lowest BCUT2D eigenvalue weighted by atomic mass is 10.2. The molecule has 1 heterocycles. The first-order valence-corrected chi connectivity index (χ1v) is 8.37. The van der Waals surface area contributed by atoms with Gasteiger partial charge in [-0.1, -0.05) is 41.1 Å². The molecule has 2 aromatic carbocycles. The molecule has 0 spiro atoms. The van der Waals surface area contributed by atoms with Gasteiger partial charge < -0.3 is 5.32 Å². The molecule has 23 heavy (non-hydrogen) atoms. The van der Waals surface area contributed by atoms with Gasteiger partial charge in [0.2, 0.25) is 0 Å². The topological polar surface area (TPSA) is 54.0 Å². The maximum absolute atomic E-state index is 12.1. The number of thiocarbonyl (C=S) groups is 1. The van der Waals surface area contributed by atoms with Gasteiger partial charge in [0.1, 0.15) is 0 Å². The van der Waals surface area contributed by atoms with Gasteiger partial charge in [-0.2, -0.15) is 0 Å². The van der Waals surface area contributed by atoms with Crippen molar-refractivity contribution in [2.45, 2.75) is 6.92 Å². The Kier molecular flexibility index (Phi) is 4.56. The Bertz CT molecular complexity index is 907. The molecule has 2 N–H and O–H groups in total. The lowest BCUT2D eigenvalue weighted by Gasteiger charge is -2.08. The van der Waals surface area contributed by atoms with Crippen molar-refractivity contribution in [2.75, 3.05) is 5.32 Å². The van der Waals surface area contributed by atoms with Crippen LogP contribution < -0.4 is 10.6 Å². The summed E-state index contributed by atoms with van der Waals surface area (Å²) in [4.78, 5) is 16.6. The smallest absolute Gasteiger partial charge is 0.258 e. The number of aromatic nitrogens is 1. The average Bonchev–Trinajstić information content (AvgIpc) is 2.88. The number of benzene rings is 2. The van der Waals surface area contributed by atoms with Crippen molar-refractivity contribution >= 4 is 61.5 Å². The van der Waals surface area contributed by atoms with Crippen molar-refractivity contribution in [3.63, 3.8) is 0 Å². The standard InChI is InChI=1S/C16H12ClN3OS2/c1-9-6-7-12-13(8-9)23-16(18-12)20-15(22)19-14(21)10-4-2-3-5-11(10)17/h2-8H,1H3,(H2,18,19,20,21,22). The first kappa shape index (κ1) is 15.9. The Balaban J connectivity index is 1.71. The zero-order valence-corrected chi connectivity index (χ0v) is 14.5. The number of hydrogen-bond acceptors (Lipinski definition) is 4. The van der Waals surface area contributed by atoms with Crippen LogP contribution in [0, 0.1) is 6.92 Å². The largest absolute Gasteiger partial charge is 0.308 e. The van der Waals surface area contributed by atoms with E-state index in [1.807, 2.05) is 19.1 Å². The molecule has 7 heteroatoms. The van der Waals surface area contributed by atoms with E-state index in [0.717, 1.165) is 10.2 Å². The minimum atomic E-state index is -0.356. The number of fused-ring (bicyclic) bond motifs is 1. The minimum Gasteiger partial charge on any atom is -0.308 e. The zero-order valence-electron chi connectivity index (χ0n) is 12.1. The molecule has 1 amide bonds. The van der Waals surface area contributed by atoms with Crippen LogP contribution >= 0.6 is 35.2 Å². The van der Waals surface area contributed by atoms with Crippen LogP contribution in [0.1, 0.15) is 15.9 Å². The molecule has 0 bridgehead atoms. The summed E-state index contributed by atoms with van der Waals surface area (Å²) in [5.41, 5.74) is 2.43. The predicted octanol–water partition coefficient (Wildman–Crippen LogP) is 4.38. The fourth-order valence-electron chi connectivity index (χ4n) is 2.03. The van der Waals surface area contributed by atoms with Gasteiger partial charge in [-0.05, 0) is 49.0 Å². The monoisotopic (exact) mass is 361 g/mol. The van der Waals surface area contributed by atoms with E-state index in [9.17, 15) is 4.79 Å². The maximum Gasteiger partial charge on any atom is 0.258 e. The second-order valence-corrected chi connectivity index (χ2v) is 6.72. The van der Waals surface area contributed by atoms with Gasteiger partial charge in [-0.3, -0.25) is 10.1 Å². The van der Waals surface area contributed by atoms with Gasteiger partial charge in [-0.15, -0.1) is 0 Å². The SMILES string of the molecule is Cc1ccc2nc(NC(=S)NC(=O)c3ccccc3Cl)sc2c1. The van der Waals surface area contributed by atoms with Crippen LogP contribution in [0.15, 0.2) is 42.5 Å². The van der Waals surface area contributed by atoms with E-state index in [0.29, 0.717) is 15.7 Å². The van der Waals surface area contributed by atoms with Gasteiger partial charge in [-0.25, -0.2) is 4.98 Å². The number of nitrogens with zero attached hydrogens (tertiary/aromatic N) is 1. The Morgan fingerprint density at radius 1 is 1.26 bits per heavy atom. The molecule has 0 fully saturated rings. The van der Waals surface area contributed by atoms with Gasteiger partial charge in [0, 0.05) is 0 Å². The molecule has 0 unspecified atom stereocenters. The van der Waals surface area contributed by atoms with E-state index in [1.54, 1.807) is 24.3 Å². The molecule has 116 valence electrons. The van der Waals surface area contributed by atoms with E-state index < -0.39 is 0 Å². The number of anilines is 1. The number of thiazole rings is 1. The third-order valence-electron chi connectivity index (χ3n) is 3.11. The molecular weight excluding hydrogens is 350 g/mol. The molecular formula is C16H12ClN3OS2. The van der Waals surface area contributed by atoms with Crippen LogP contribution in [0.4, 0.5) is 5.13 Å². The normalized spacial score (nSPS) is 10.5. The molecule has 0 aliphatic heterocycles. The van der Waals surface area contributed by atoms with Gasteiger partial charge in [0.25, 0.3) is 5.91 Å². The number of carbonyl (C=O) groups excluding carboxylic acids is 1. The molecule has 0 aliphatic rings. The summed E-state index contributed by atoms with van der Waals surface area (Å²) in [5.74, 6) is -0.356. The van der Waals surface area contributed by atoms with Crippen molar-refractivity contribution in [1.29, 1.82) is 0 Å². The molecule has 0 radical (unpaired) electrons. The molecule has 0 saturated heterocycles. The lowest BCUT2D eigenvalue weighted by molar-refractivity contribution is 0.0978. The number of aryl methyl sites for hydroxylation is 1. The van der Waals surface area contributed by atoms with Crippen molar-refractivity contribution in [1.82, 2.24) is 10.3 Å². The van der Waals surface area contributed by atoms with Gasteiger partial charge in [0.05, 0.1) is 20.8 Å². The third-order valence-corrected chi connectivity index (χ3v) is 4.58. The first-order valence-electron chi connectivity index (χ1n) is 6.77. The molecule has 0 saturated carbocycles.